The van der Waals surface area contributed by atoms with Crippen LogP contribution < -0.4 is 4.74 Å². The van der Waals surface area contributed by atoms with Crippen LogP contribution in [0.25, 0.3) is 22.3 Å². The molecule has 124 valence electrons. The second-order valence-corrected chi connectivity index (χ2v) is 6.77. The predicted octanol–water partition coefficient (Wildman–Crippen LogP) is 3.80. The summed E-state index contributed by atoms with van der Waals surface area (Å²) < 4.78 is 18.5. The Balaban J connectivity index is 1.86. The monoisotopic (exact) mass is 349 g/mol. The van der Waals surface area contributed by atoms with E-state index in [1.54, 1.807) is 19.4 Å². The number of para-hydroxylation sites is 2. The molecule has 4 aromatic rings. The minimum Gasteiger partial charge on any atom is -0.497 e. The average molecular weight is 349 g/mol. The van der Waals surface area contributed by atoms with Crippen LogP contribution in [0.3, 0.4) is 0 Å². The Bertz CT molecular complexity index is 1030. The number of aromatic amines is 1. The summed E-state index contributed by atoms with van der Waals surface area (Å²) in [6.45, 7) is 0. The number of nitrogens with one attached hydrogen (secondary N) is 1. The highest BCUT2D eigenvalue weighted by Gasteiger charge is 2.18. The Morgan fingerprint density at radius 3 is 2.64 bits per heavy atom. The number of nitrogens with zero attached hydrogens (tertiary/aromatic N) is 2. The number of H-pyrrole nitrogens is 1. The Morgan fingerprint density at radius 2 is 1.88 bits per heavy atom. The fourth-order valence-corrected chi connectivity index (χ4v) is 3.83. The SMILES string of the molecule is COc1ccc(-c2ccccn2)c(S(=O)c2nc3ccccc3[nH]2)c1. The summed E-state index contributed by atoms with van der Waals surface area (Å²) in [7, 11) is 0.0969. The fourth-order valence-electron chi connectivity index (χ4n) is 2.64. The molecule has 1 atom stereocenters. The van der Waals surface area contributed by atoms with Crippen LogP contribution in [-0.4, -0.2) is 26.3 Å². The van der Waals surface area contributed by atoms with Gasteiger partial charge in [0.15, 0.2) is 0 Å². The molecule has 2 aromatic heterocycles. The molecule has 0 aliphatic heterocycles. The zero-order valence-corrected chi connectivity index (χ0v) is 14.3. The van der Waals surface area contributed by atoms with Crippen molar-refractivity contribution in [3.8, 4) is 17.0 Å². The third-order valence-corrected chi connectivity index (χ3v) is 5.15. The number of fused-ring (bicyclic) bond motifs is 1. The van der Waals surface area contributed by atoms with Gasteiger partial charge in [-0.15, -0.1) is 0 Å². The highest BCUT2D eigenvalue weighted by atomic mass is 32.2. The number of ether oxygens (including phenoxy) is 1. The molecule has 5 nitrogen and oxygen atoms in total. The van der Waals surface area contributed by atoms with Gasteiger partial charge < -0.3 is 9.72 Å². The number of aromatic nitrogens is 3. The molecule has 0 amide bonds. The number of hydrogen-bond donors (Lipinski definition) is 1. The molecule has 1 N–H and O–H groups in total. The van der Waals surface area contributed by atoms with Crippen molar-refractivity contribution < 1.29 is 8.95 Å². The zero-order chi connectivity index (χ0) is 17.2. The fraction of sp³-hybridized carbons (Fsp3) is 0.0526. The topological polar surface area (TPSA) is 67.9 Å². The van der Waals surface area contributed by atoms with Crippen LogP contribution in [0.15, 0.2) is 76.9 Å². The Labute approximate surface area is 147 Å². The van der Waals surface area contributed by atoms with Gasteiger partial charge in [-0.05, 0) is 42.5 Å². The average Bonchev–Trinajstić information content (AvgIpc) is 3.12. The van der Waals surface area contributed by atoms with Gasteiger partial charge in [-0.2, -0.15) is 0 Å². The number of methoxy groups -OCH3 is 1. The molecular formula is C19H15N3O2S. The molecule has 0 saturated heterocycles. The Morgan fingerprint density at radius 1 is 1.04 bits per heavy atom. The molecule has 0 fully saturated rings. The molecule has 2 aromatic carbocycles. The van der Waals surface area contributed by atoms with E-state index in [0.717, 1.165) is 22.3 Å². The second kappa shape index (κ2) is 6.49. The maximum Gasteiger partial charge on any atom is 0.202 e. The summed E-state index contributed by atoms with van der Waals surface area (Å²) in [5, 5.41) is 0.409. The van der Waals surface area contributed by atoms with Crippen LogP contribution in [-0.2, 0) is 10.8 Å². The summed E-state index contributed by atoms with van der Waals surface area (Å²) in [6.07, 6.45) is 1.72. The first-order valence-corrected chi connectivity index (χ1v) is 8.87. The maximum absolute atomic E-state index is 13.2. The van der Waals surface area contributed by atoms with Crippen LogP contribution in [0.5, 0.6) is 5.75 Å². The molecule has 0 spiro atoms. The van der Waals surface area contributed by atoms with E-state index in [0.29, 0.717) is 15.8 Å². The largest absolute Gasteiger partial charge is 0.497 e. The molecule has 4 rings (SSSR count). The first kappa shape index (κ1) is 15.5. The molecule has 25 heavy (non-hydrogen) atoms. The van der Waals surface area contributed by atoms with E-state index in [1.165, 1.54) is 0 Å². The van der Waals surface area contributed by atoms with Gasteiger partial charge in [0.25, 0.3) is 0 Å². The Hall–Kier alpha value is -2.99. The molecule has 2 heterocycles. The first-order chi connectivity index (χ1) is 12.3. The van der Waals surface area contributed by atoms with Gasteiger partial charge in [-0.3, -0.25) is 4.98 Å². The van der Waals surface area contributed by atoms with Crippen molar-refractivity contribution >= 4 is 21.8 Å². The lowest BCUT2D eigenvalue weighted by atomic mass is 10.1. The molecule has 0 bridgehead atoms. The standard InChI is InChI=1S/C19H15N3O2S/c1-24-13-9-10-14(15-6-4-5-11-20-15)18(12-13)25(23)19-21-16-7-2-3-8-17(16)22-19/h2-12H,1H3,(H,21,22). The van der Waals surface area contributed by atoms with Crippen LogP contribution in [0, 0.1) is 0 Å². The summed E-state index contributed by atoms with van der Waals surface area (Å²) in [5.74, 6) is 0.638. The summed E-state index contributed by atoms with van der Waals surface area (Å²) in [6, 6.07) is 18.7. The first-order valence-electron chi connectivity index (χ1n) is 7.72. The lowest BCUT2D eigenvalue weighted by molar-refractivity contribution is 0.413. The van der Waals surface area contributed by atoms with Crippen molar-refractivity contribution in [1.29, 1.82) is 0 Å². The maximum atomic E-state index is 13.2. The molecule has 0 aliphatic carbocycles. The lowest BCUT2D eigenvalue weighted by Crippen LogP contribution is -2.00. The summed E-state index contributed by atoms with van der Waals surface area (Å²) in [5.41, 5.74) is 3.19. The van der Waals surface area contributed by atoms with Gasteiger partial charge in [-0.1, -0.05) is 18.2 Å². The number of pyridine rings is 1. The normalized spacial score (nSPS) is 12.2. The predicted molar refractivity (Wildman–Crippen MR) is 97.0 cm³/mol. The van der Waals surface area contributed by atoms with Crippen molar-refractivity contribution in [2.45, 2.75) is 10.1 Å². The second-order valence-electron chi connectivity index (χ2n) is 5.40. The van der Waals surface area contributed by atoms with Gasteiger partial charge in [0.2, 0.25) is 5.16 Å². The van der Waals surface area contributed by atoms with Gasteiger partial charge >= 0.3 is 0 Å². The van der Waals surface area contributed by atoms with E-state index < -0.39 is 10.8 Å². The van der Waals surface area contributed by atoms with Crippen molar-refractivity contribution in [1.82, 2.24) is 15.0 Å². The van der Waals surface area contributed by atoms with Crippen LogP contribution in [0.2, 0.25) is 0 Å². The molecule has 6 heteroatoms. The zero-order valence-electron chi connectivity index (χ0n) is 13.5. The van der Waals surface area contributed by atoms with Crippen LogP contribution in [0.1, 0.15) is 0 Å². The van der Waals surface area contributed by atoms with E-state index in [-0.39, 0.29) is 0 Å². The van der Waals surface area contributed by atoms with Crippen molar-refractivity contribution in [3.05, 3.63) is 66.9 Å². The smallest absolute Gasteiger partial charge is 0.202 e. The van der Waals surface area contributed by atoms with Crippen LogP contribution in [0.4, 0.5) is 0 Å². The van der Waals surface area contributed by atoms with Crippen molar-refractivity contribution in [2.24, 2.45) is 0 Å². The van der Waals surface area contributed by atoms with Crippen molar-refractivity contribution in [3.63, 3.8) is 0 Å². The summed E-state index contributed by atoms with van der Waals surface area (Å²) >= 11 is 0. The lowest BCUT2D eigenvalue weighted by Gasteiger charge is -2.09. The molecular weight excluding hydrogens is 334 g/mol. The van der Waals surface area contributed by atoms with E-state index >= 15 is 0 Å². The number of rotatable bonds is 4. The third kappa shape index (κ3) is 2.92. The Kier molecular flexibility index (Phi) is 4.03. The molecule has 1 unspecified atom stereocenters. The van der Waals surface area contributed by atoms with Crippen molar-refractivity contribution in [2.75, 3.05) is 7.11 Å². The quantitative estimate of drug-likeness (QED) is 0.608. The molecule has 0 aliphatic rings. The van der Waals surface area contributed by atoms with Gasteiger partial charge in [-0.25, -0.2) is 9.19 Å². The number of hydrogen-bond acceptors (Lipinski definition) is 4. The van der Waals surface area contributed by atoms with Crippen LogP contribution >= 0.6 is 0 Å². The minimum atomic E-state index is -1.49. The van der Waals surface area contributed by atoms with Gasteiger partial charge in [0, 0.05) is 11.8 Å². The van der Waals surface area contributed by atoms with Gasteiger partial charge in [0.1, 0.15) is 16.5 Å². The van der Waals surface area contributed by atoms with E-state index in [4.69, 9.17) is 4.74 Å². The third-order valence-electron chi connectivity index (χ3n) is 3.87. The molecule has 0 saturated carbocycles. The van der Waals surface area contributed by atoms with E-state index in [1.807, 2.05) is 54.6 Å². The highest BCUT2D eigenvalue weighted by Crippen LogP contribution is 2.31. The number of imidazole rings is 1. The summed E-state index contributed by atoms with van der Waals surface area (Å²) in [4.78, 5) is 12.6. The minimum absolute atomic E-state index is 0.409. The van der Waals surface area contributed by atoms with E-state index in [2.05, 4.69) is 15.0 Å². The number of benzene rings is 2. The molecule has 0 radical (unpaired) electrons. The highest BCUT2D eigenvalue weighted by molar-refractivity contribution is 7.85. The van der Waals surface area contributed by atoms with E-state index in [9.17, 15) is 4.21 Å². The van der Waals surface area contributed by atoms with Gasteiger partial charge in [0.05, 0.1) is 28.7 Å².